The number of ether oxygens (including phenoxy) is 1. The van der Waals surface area contributed by atoms with Gasteiger partial charge in [0.1, 0.15) is 6.04 Å². The van der Waals surface area contributed by atoms with E-state index >= 15 is 0 Å². The number of carboxylic acid groups (broad SMARTS) is 1. The molecule has 3 heterocycles. The lowest BCUT2D eigenvalue weighted by molar-refractivity contribution is -0.143. The van der Waals surface area contributed by atoms with Gasteiger partial charge in [-0.1, -0.05) is 11.6 Å². The van der Waals surface area contributed by atoms with Gasteiger partial charge in [-0.15, -0.1) is 0 Å². The number of benzene rings is 1. The van der Waals surface area contributed by atoms with Gasteiger partial charge in [-0.3, -0.25) is 14.7 Å². The summed E-state index contributed by atoms with van der Waals surface area (Å²) in [6.07, 6.45) is 2.44. The van der Waals surface area contributed by atoms with Gasteiger partial charge in [0.15, 0.2) is 0 Å². The predicted molar refractivity (Wildman–Crippen MR) is 128 cm³/mol. The molecule has 33 heavy (non-hydrogen) atoms. The van der Waals surface area contributed by atoms with Crippen LogP contribution in [0.3, 0.4) is 0 Å². The van der Waals surface area contributed by atoms with Crippen molar-refractivity contribution in [1.29, 1.82) is 0 Å². The second kappa shape index (κ2) is 8.81. The third-order valence-electron chi connectivity index (χ3n) is 5.86. The first-order valence-electron chi connectivity index (χ1n) is 10.8. The average Bonchev–Trinajstić information content (AvgIpc) is 3.06. The molecule has 4 N–H and O–H groups in total. The number of aromatic amines is 1. The van der Waals surface area contributed by atoms with Crippen LogP contribution in [0.2, 0.25) is 5.02 Å². The Morgan fingerprint density at radius 2 is 2.15 bits per heavy atom. The van der Waals surface area contributed by atoms with Crippen LogP contribution in [0, 0.1) is 6.92 Å². The number of hydrogen-bond acceptors (Lipinski definition) is 5. The van der Waals surface area contributed by atoms with Gasteiger partial charge in [-0.05, 0) is 45.4 Å². The Morgan fingerprint density at radius 3 is 2.88 bits per heavy atom. The van der Waals surface area contributed by atoms with Crippen LogP contribution in [0.15, 0.2) is 24.5 Å². The number of carbonyl (C=O) groups excluding carboxylic acids is 1. The second-order valence-corrected chi connectivity index (χ2v) is 9.67. The highest BCUT2D eigenvalue weighted by Crippen LogP contribution is 2.35. The molecular formula is C23H28ClN5O4. The summed E-state index contributed by atoms with van der Waals surface area (Å²) in [5, 5.41) is 16.9. The number of aromatic nitrogens is 2. The number of nitrogens with zero attached hydrogens (tertiary/aromatic N) is 2. The minimum absolute atomic E-state index is 0.193. The SMILES string of the molecule is Cc1cncc2[nH]c3c(NC(=O)[C@@H]4COC(C)(C)CN4C[C@H](C)NC(=O)O)cc(Cl)cc3c12. The molecule has 0 saturated carbocycles. The number of carbonyl (C=O) groups is 2. The zero-order chi connectivity index (χ0) is 23.9. The molecule has 1 aliphatic heterocycles. The van der Waals surface area contributed by atoms with Crippen LogP contribution in [0.1, 0.15) is 26.3 Å². The fourth-order valence-electron chi connectivity index (χ4n) is 4.50. The first kappa shape index (κ1) is 23.3. The molecule has 1 aliphatic rings. The number of nitrogens with one attached hydrogen (secondary N) is 3. The van der Waals surface area contributed by atoms with Crippen molar-refractivity contribution in [3.8, 4) is 0 Å². The Hall–Kier alpha value is -2.88. The highest BCUT2D eigenvalue weighted by molar-refractivity contribution is 6.33. The van der Waals surface area contributed by atoms with Crippen LogP contribution in [-0.2, 0) is 9.53 Å². The maximum Gasteiger partial charge on any atom is 0.404 e. The van der Waals surface area contributed by atoms with E-state index in [1.165, 1.54) is 0 Å². The third kappa shape index (κ3) is 4.90. The van der Waals surface area contributed by atoms with Gasteiger partial charge in [0, 0.05) is 41.1 Å². The summed E-state index contributed by atoms with van der Waals surface area (Å²) in [6, 6.07) is 2.65. The lowest BCUT2D eigenvalue weighted by atomic mass is 10.0. The molecule has 9 nitrogen and oxygen atoms in total. The average molecular weight is 474 g/mol. The van der Waals surface area contributed by atoms with Crippen molar-refractivity contribution in [2.45, 2.75) is 45.4 Å². The molecular weight excluding hydrogens is 446 g/mol. The lowest BCUT2D eigenvalue weighted by Crippen LogP contribution is -2.60. The summed E-state index contributed by atoms with van der Waals surface area (Å²) in [6.45, 7) is 8.70. The van der Waals surface area contributed by atoms with Gasteiger partial charge in [0.05, 0.1) is 35.1 Å². The molecule has 1 aromatic carbocycles. The minimum Gasteiger partial charge on any atom is -0.465 e. The van der Waals surface area contributed by atoms with Crippen molar-refractivity contribution in [1.82, 2.24) is 20.2 Å². The highest BCUT2D eigenvalue weighted by atomic mass is 35.5. The Kier molecular flexibility index (Phi) is 6.22. The fourth-order valence-corrected chi connectivity index (χ4v) is 4.72. The number of fused-ring (bicyclic) bond motifs is 3. The lowest BCUT2D eigenvalue weighted by Gasteiger charge is -2.43. The quantitative estimate of drug-likeness (QED) is 0.448. The van der Waals surface area contributed by atoms with Gasteiger partial charge < -0.3 is 25.5 Å². The van der Waals surface area contributed by atoms with E-state index in [2.05, 4.69) is 20.6 Å². The number of morpholine rings is 1. The van der Waals surface area contributed by atoms with Gasteiger partial charge in [-0.2, -0.15) is 0 Å². The molecule has 1 fully saturated rings. The number of anilines is 1. The van der Waals surface area contributed by atoms with Crippen LogP contribution in [0.4, 0.5) is 10.5 Å². The number of pyridine rings is 1. The van der Waals surface area contributed by atoms with Crippen molar-refractivity contribution in [3.63, 3.8) is 0 Å². The highest BCUT2D eigenvalue weighted by Gasteiger charge is 2.38. The maximum atomic E-state index is 13.4. The van der Waals surface area contributed by atoms with Crippen molar-refractivity contribution < 1.29 is 19.4 Å². The zero-order valence-electron chi connectivity index (χ0n) is 19.0. The Bertz CT molecular complexity index is 1220. The second-order valence-electron chi connectivity index (χ2n) is 9.24. The molecule has 0 unspecified atom stereocenters. The van der Waals surface area contributed by atoms with Gasteiger partial charge in [-0.25, -0.2) is 4.79 Å². The summed E-state index contributed by atoms with van der Waals surface area (Å²) in [5.74, 6) is -0.245. The van der Waals surface area contributed by atoms with Gasteiger partial charge in [0.25, 0.3) is 0 Å². The largest absolute Gasteiger partial charge is 0.465 e. The Balaban J connectivity index is 1.64. The summed E-state index contributed by atoms with van der Waals surface area (Å²) in [4.78, 5) is 34.0. The number of halogens is 1. The van der Waals surface area contributed by atoms with E-state index in [9.17, 15) is 9.59 Å². The van der Waals surface area contributed by atoms with E-state index in [0.29, 0.717) is 23.8 Å². The molecule has 3 aromatic rings. The Labute approximate surface area is 196 Å². The van der Waals surface area contributed by atoms with Crippen molar-refractivity contribution in [3.05, 3.63) is 35.1 Å². The minimum atomic E-state index is -1.10. The molecule has 0 aliphatic carbocycles. The maximum absolute atomic E-state index is 13.4. The molecule has 0 spiro atoms. The molecule has 2 amide bonds. The Morgan fingerprint density at radius 1 is 1.39 bits per heavy atom. The van der Waals surface area contributed by atoms with E-state index in [-0.39, 0.29) is 18.6 Å². The van der Waals surface area contributed by atoms with Gasteiger partial charge >= 0.3 is 6.09 Å². The van der Waals surface area contributed by atoms with E-state index in [1.54, 1.807) is 25.4 Å². The molecule has 2 atom stereocenters. The molecule has 0 bridgehead atoms. The molecule has 1 saturated heterocycles. The topological polar surface area (TPSA) is 120 Å². The van der Waals surface area contributed by atoms with E-state index in [1.807, 2.05) is 31.7 Å². The molecule has 2 aromatic heterocycles. The number of aryl methyl sites for hydroxylation is 1. The van der Waals surface area contributed by atoms with E-state index < -0.39 is 17.7 Å². The van der Waals surface area contributed by atoms with E-state index in [0.717, 1.165) is 27.4 Å². The van der Waals surface area contributed by atoms with Crippen LogP contribution in [0.5, 0.6) is 0 Å². The molecule has 0 radical (unpaired) electrons. The van der Waals surface area contributed by atoms with Crippen LogP contribution >= 0.6 is 11.6 Å². The monoisotopic (exact) mass is 473 g/mol. The summed E-state index contributed by atoms with van der Waals surface area (Å²) in [7, 11) is 0. The van der Waals surface area contributed by atoms with Gasteiger partial charge in [0.2, 0.25) is 5.91 Å². The number of H-pyrrole nitrogens is 1. The van der Waals surface area contributed by atoms with Crippen LogP contribution in [0.25, 0.3) is 21.8 Å². The third-order valence-corrected chi connectivity index (χ3v) is 6.08. The number of rotatable bonds is 5. The molecule has 4 rings (SSSR count). The standard InChI is InChI=1S/C23H28ClN5O4/c1-12-7-25-8-17-19(12)15-5-14(24)6-16(20(15)27-17)28-21(30)18-10-33-23(3,4)11-29(18)9-13(2)26-22(31)32/h5-8,13,18,26-27H,9-11H2,1-4H3,(H,28,30)(H,31,32)/t13-,18-/m0/s1. The molecule has 10 heteroatoms. The normalized spacial score (nSPS) is 19.5. The number of hydrogen-bond donors (Lipinski definition) is 4. The summed E-state index contributed by atoms with van der Waals surface area (Å²) < 4.78 is 5.92. The fraction of sp³-hybridized carbons (Fsp3) is 0.435. The first-order chi connectivity index (χ1) is 15.5. The summed E-state index contributed by atoms with van der Waals surface area (Å²) in [5.41, 5.74) is 2.75. The predicted octanol–water partition coefficient (Wildman–Crippen LogP) is 3.75. The van der Waals surface area contributed by atoms with Crippen molar-refractivity contribution in [2.24, 2.45) is 0 Å². The molecule has 176 valence electrons. The van der Waals surface area contributed by atoms with Crippen molar-refractivity contribution in [2.75, 3.05) is 25.0 Å². The van der Waals surface area contributed by atoms with Crippen LogP contribution in [-0.4, -0.2) is 69.4 Å². The van der Waals surface area contributed by atoms with Crippen molar-refractivity contribution >= 4 is 51.1 Å². The zero-order valence-corrected chi connectivity index (χ0v) is 19.8. The van der Waals surface area contributed by atoms with Crippen LogP contribution < -0.4 is 10.6 Å². The van der Waals surface area contributed by atoms with E-state index in [4.69, 9.17) is 21.4 Å². The smallest absolute Gasteiger partial charge is 0.404 e. The first-order valence-corrected chi connectivity index (χ1v) is 11.2. The number of amides is 2. The summed E-state index contributed by atoms with van der Waals surface area (Å²) >= 11 is 6.41.